The SMILES string of the molecule is CC1(C)c2cc(N(C3=Cc4ccccc4CC3)c3ccc4ccccc4c3)ccc2-c2cc3c(cc21)-c1ccc(N(c2ccc4ccccc4c2)c2ccc4ccccc4c2)cc1C3(C)C. The molecular weight excluding hydrogens is 797 g/mol. The minimum Gasteiger partial charge on any atom is -0.314 e. The van der Waals surface area contributed by atoms with E-state index < -0.39 is 0 Å². The molecule has 10 aromatic rings. The standard InChI is InChI=1S/C64H50N2/c1-63(2)59-37-53(65(49-25-21-41-13-5-9-17-45(41)33-49)50-26-22-42-14-6-10-18-46(42)34-50)29-31-55(59)57-40-62-58(39-61(57)63)56-32-30-54(38-60(56)64(62,3)4)66(51-27-23-43-15-7-11-19-47(43)35-51)52-28-24-44-16-8-12-20-48(44)36-52/h5-23,25-27,29-40H,24,28H2,1-4H3. The van der Waals surface area contributed by atoms with Crippen LogP contribution in [0.3, 0.4) is 0 Å². The lowest BCUT2D eigenvalue weighted by Crippen LogP contribution is -2.20. The number of rotatable bonds is 6. The summed E-state index contributed by atoms with van der Waals surface area (Å²) in [6, 6.07) is 75.1. The van der Waals surface area contributed by atoms with Crippen LogP contribution in [0.4, 0.5) is 28.4 Å². The van der Waals surface area contributed by atoms with Gasteiger partial charge in [0.1, 0.15) is 0 Å². The Morgan fingerprint density at radius 1 is 0.318 bits per heavy atom. The van der Waals surface area contributed by atoms with Crippen molar-refractivity contribution in [2.45, 2.75) is 51.4 Å². The van der Waals surface area contributed by atoms with Crippen molar-refractivity contribution in [2.24, 2.45) is 0 Å². The number of hydrogen-bond acceptors (Lipinski definition) is 2. The van der Waals surface area contributed by atoms with Gasteiger partial charge in [-0.1, -0.05) is 155 Å². The molecule has 0 heterocycles. The quantitative estimate of drug-likeness (QED) is 0.164. The maximum absolute atomic E-state index is 2.55. The molecule has 2 nitrogen and oxygen atoms in total. The van der Waals surface area contributed by atoms with Crippen LogP contribution in [0.1, 0.15) is 67.5 Å². The van der Waals surface area contributed by atoms with Crippen molar-refractivity contribution in [3.05, 3.63) is 239 Å². The molecule has 0 saturated heterocycles. The summed E-state index contributed by atoms with van der Waals surface area (Å²) in [5.41, 5.74) is 20.5. The van der Waals surface area contributed by atoms with Gasteiger partial charge in [-0.2, -0.15) is 0 Å². The molecule has 0 saturated carbocycles. The number of benzene rings is 10. The van der Waals surface area contributed by atoms with Gasteiger partial charge in [-0.15, -0.1) is 0 Å². The first-order chi connectivity index (χ1) is 32.2. The average molecular weight is 847 g/mol. The van der Waals surface area contributed by atoms with Gasteiger partial charge >= 0.3 is 0 Å². The van der Waals surface area contributed by atoms with E-state index in [4.69, 9.17) is 0 Å². The van der Waals surface area contributed by atoms with E-state index in [-0.39, 0.29) is 10.8 Å². The van der Waals surface area contributed by atoms with E-state index >= 15 is 0 Å². The van der Waals surface area contributed by atoms with Crippen molar-refractivity contribution < 1.29 is 0 Å². The predicted octanol–water partition coefficient (Wildman–Crippen LogP) is 17.4. The second kappa shape index (κ2) is 14.4. The van der Waals surface area contributed by atoms with E-state index in [9.17, 15) is 0 Å². The maximum Gasteiger partial charge on any atom is 0.0468 e. The molecule has 0 atom stereocenters. The Morgan fingerprint density at radius 2 is 0.697 bits per heavy atom. The van der Waals surface area contributed by atoms with Crippen molar-refractivity contribution in [3.63, 3.8) is 0 Å². The second-order valence-corrected chi connectivity index (χ2v) is 19.8. The topological polar surface area (TPSA) is 6.48 Å². The molecule has 0 bridgehead atoms. The van der Waals surface area contributed by atoms with Crippen molar-refractivity contribution in [3.8, 4) is 22.3 Å². The molecule has 0 spiro atoms. The lowest BCUT2D eigenvalue weighted by molar-refractivity contribution is 0.652. The highest BCUT2D eigenvalue weighted by Crippen LogP contribution is 2.57. The van der Waals surface area contributed by atoms with Gasteiger partial charge in [0.25, 0.3) is 0 Å². The zero-order valence-corrected chi connectivity index (χ0v) is 37.9. The highest BCUT2D eigenvalue weighted by atomic mass is 15.2. The predicted molar refractivity (Wildman–Crippen MR) is 280 cm³/mol. The van der Waals surface area contributed by atoms with Crippen LogP contribution in [0, 0.1) is 0 Å². The molecule has 0 aromatic heterocycles. The fraction of sp³-hybridized carbons (Fsp3) is 0.125. The maximum atomic E-state index is 2.55. The largest absolute Gasteiger partial charge is 0.314 e. The first-order valence-electron chi connectivity index (χ1n) is 23.5. The van der Waals surface area contributed by atoms with E-state index in [2.05, 4.69) is 244 Å². The van der Waals surface area contributed by atoms with Crippen molar-refractivity contribution >= 4 is 66.8 Å². The summed E-state index contributed by atoms with van der Waals surface area (Å²) < 4.78 is 0. The van der Waals surface area contributed by atoms with Crippen molar-refractivity contribution in [1.82, 2.24) is 0 Å². The Hall–Kier alpha value is -7.68. The Bertz CT molecular complexity index is 3600. The van der Waals surface area contributed by atoms with Crippen LogP contribution >= 0.6 is 0 Å². The van der Waals surface area contributed by atoms with E-state index in [1.807, 2.05) is 0 Å². The summed E-state index contributed by atoms with van der Waals surface area (Å²) in [6.45, 7) is 9.70. The van der Waals surface area contributed by atoms with Crippen LogP contribution in [0.2, 0.25) is 0 Å². The van der Waals surface area contributed by atoms with E-state index in [0.29, 0.717) is 0 Å². The highest BCUT2D eigenvalue weighted by molar-refractivity contribution is 5.96. The van der Waals surface area contributed by atoms with Crippen LogP contribution in [0.5, 0.6) is 0 Å². The molecule has 0 N–H and O–H groups in total. The van der Waals surface area contributed by atoms with Gasteiger partial charge in [-0.25, -0.2) is 0 Å². The Labute approximate surface area is 387 Å². The van der Waals surface area contributed by atoms with Crippen molar-refractivity contribution in [1.29, 1.82) is 0 Å². The normalized spacial score (nSPS) is 14.9. The summed E-state index contributed by atoms with van der Waals surface area (Å²) in [4.78, 5) is 4.97. The highest BCUT2D eigenvalue weighted by Gasteiger charge is 2.42. The van der Waals surface area contributed by atoms with Gasteiger partial charge in [0.15, 0.2) is 0 Å². The molecule has 2 heteroatoms. The molecule has 3 aliphatic carbocycles. The Kier molecular flexibility index (Phi) is 8.46. The summed E-state index contributed by atoms with van der Waals surface area (Å²) in [6.07, 6.45) is 4.43. The van der Waals surface area contributed by atoms with Crippen LogP contribution in [-0.2, 0) is 17.3 Å². The molecule has 0 aliphatic heterocycles. The summed E-state index contributed by atoms with van der Waals surface area (Å²) in [5, 5.41) is 7.47. The van der Waals surface area contributed by atoms with E-state index in [1.165, 1.54) is 111 Å². The van der Waals surface area contributed by atoms with Crippen LogP contribution in [0.15, 0.2) is 206 Å². The molecule has 0 amide bonds. The number of hydrogen-bond donors (Lipinski definition) is 0. The van der Waals surface area contributed by atoms with Crippen molar-refractivity contribution in [2.75, 3.05) is 9.80 Å². The van der Waals surface area contributed by atoms with E-state index in [1.54, 1.807) is 0 Å². The summed E-state index contributed by atoms with van der Waals surface area (Å²) in [5.74, 6) is 0. The molecule has 0 unspecified atom stereocenters. The summed E-state index contributed by atoms with van der Waals surface area (Å²) >= 11 is 0. The van der Waals surface area contributed by atoms with Gasteiger partial charge in [0, 0.05) is 45.0 Å². The third-order valence-corrected chi connectivity index (χ3v) is 15.2. The Morgan fingerprint density at radius 3 is 1.20 bits per heavy atom. The molecule has 0 radical (unpaired) electrons. The molecule has 3 aliphatic rings. The first-order valence-corrected chi connectivity index (χ1v) is 23.5. The van der Waals surface area contributed by atoms with Crippen LogP contribution in [0.25, 0.3) is 60.6 Å². The number of anilines is 5. The van der Waals surface area contributed by atoms with Crippen LogP contribution in [-0.4, -0.2) is 0 Å². The van der Waals surface area contributed by atoms with Crippen LogP contribution < -0.4 is 9.80 Å². The van der Waals surface area contributed by atoms with Gasteiger partial charge in [-0.3, -0.25) is 0 Å². The van der Waals surface area contributed by atoms with Gasteiger partial charge in [-0.05, 0) is 180 Å². The minimum atomic E-state index is -0.211. The molecule has 0 fully saturated rings. The van der Waals surface area contributed by atoms with Gasteiger partial charge < -0.3 is 9.80 Å². The molecule has 10 aromatic carbocycles. The third kappa shape index (κ3) is 5.94. The monoisotopic (exact) mass is 846 g/mol. The first kappa shape index (κ1) is 38.8. The molecule has 66 heavy (non-hydrogen) atoms. The molecule has 316 valence electrons. The zero-order chi connectivity index (χ0) is 44.3. The fourth-order valence-electron chi connectivity index (χ4n) is 11.7. The average Bonchev–Trinajstić information content (AvgIpc) is 3.71. The van der Waals surface area contributed by atoms with Gasteiger partial charge in [0.05, 0.1) is 0 Å². The number of allylic oxidation sites excluding steroid dienone is 1. The second-order valence-electron chi connectivity index (χ2n) is 19.8. The number of nitrogens with zero attached hydrogens (tertiary/aromatic N) is 2. The smallest absolute Gasteiger partial charge is 0.0468 e. The molecule has 13 rings (SSSR count). The minimum absolute atomic E-state index is 0.200. The third-order valence-electron chi connectivity index (χ3n) is 15.2. The molecular formula is C64H50N2. The van der Waals surface area contributed by atoms with E-state index in [0.717, 1.165) is 24.2 Å². The lowest BCUT2D eigenvalue weighted by Gasteiger charge is -2.32. The van der Waals surface area contributed by atoms with Gasteiger partial charge in [0.2, 0.25) is 0 Å². The summed E-state index contributed by atoms with van der Waals surface area (Å²) in [7, 11) is 0. The fourth-order valence-corrected chi connectivity index (χ4v) is 11.7. The number of fused-ring (bicyclic) bond motifs is 10. The zero-order valence-electron chi connectivity index (χ0n) is 37.9. The Balaban J connectivity index is 0.913. The lowest BCUT2D eigenvalue weighted by atomic mass is 9.79. The number of aryl methyl sites for hydroxylation is 1.